The highest BCUT2D eigenvalue weighted by Gasteiger charge is 2.39. The molecule has 0 radical (unpaired) electrons. The number of rotatable bonds is 6. The third kappa shape index (κ3) is 4.37. The van der Waals surface area contributed by atoms with Gasteiger partial charge in [0, 0.05) is 18.8 Å². The molecule has 2 N–H and O–H groups in total. The van der Waals surface area contributed by atoms with Crippen LogP contribution in [0.2, 0.25) is 0 Å². The summed E-state index contributed by atoms with van der Waals surface area (Å²) in [6.45, 7) is 4.29. The SMILES string of the molecule is Cc1cc(/C=N/NC(=O)C(O)(c2ccccc2)c2ccccc2)ccc1N1CCCC1. The van der Waals surface area contributed by atoms with Crippen LogP contribution in [-0.4, -0.2) is 30.3 Å². The molecule has 1 amide bonds. The molecule has 0 aromatic heterocycles. The van der Waals surface area contributed by atoms with Gasteiger partial charge in [-0.2, -0.15) is 5.10 Å². The van der Waals surface area contributed by atoms with Crippen LogP contribution in [0.15, 0.2) is 84.0 Å². The average molecular weight is 414 g/mol. The van der Waals surface area contributed by atoms with Gasteiger partial charge in [0.25, 0.3) is 5.91 Å². The fraction of sp³-hybridized carbons (Fsp3) is 0.231. The van der Waals surface area contributed by atoms with Crippen LogP contribution in [0.5, 0.6) is 0 Å². The van der Waals surface area contributed by atoms with E-state index in [0.29, 0.717) is 11.1 Å². The van der Waals surface area contributed by atoms with Gasteiger partial charge in [0.2, 0.25) is 0 Å². The van der Waals surface area contributed by atoms with Crippen LogP contribution < -0.4 is 10.3 Å². The van der Waals surface area contributed by atoms with Crippen LogP contribution >= 0.6 is 0 Å². The maximum absolute atomic E-state index is 13.1. The molecule has 0 bridgehead atoms. The smallest absolute Gasteiger partial charge is 0.281 e. The Bertz CT molecular complexity index is 1020. The molecule has 1 saturated heterocycles. The lowest BCUT2D eigenvalue weighted by Gasteiger charge is -2.27. The lowest BCUT2D eigenvalue weighted by molar-refractivity contribution is -0.136. The molecule has 4 rings (SSSR count). The minimum Gasteiger partial charge on any atom is -0.372 e. The molecular formula is C26H27N3O2. The van der Waals surface area contributed by atoms with Gasteiger partial charge in [0.15, 0.2) is 5.60 Å². The van der Waals surface area contributed by atoms with E-state index in [1.165, 1.54) is 24.1 Å². The number of nitrogens with one attached hydrogen (secondary N) is 1. The first kappa shape index (κ1) is 20.8. The maximum Gasteiger partial charge on any atom is 0.281 e. The number of carbonyl (C=O) groups excluding carboxylic acids is 1. The second-order valence-electron chi connectivity index (χ2n) is 7.88. The van der Waals surface area contributed by atoms with Gasteiger partial charge < -0.3 is 10.0 Å². The molecule has 1 heterocycles. The van der Waals surface area contributed by atoms with Crippen LogP contribution in [0.3, 0.4) is 0 Å². The van der Waals surface area contributed by atoms with Crippen LogP contribution in [0.4, 0.5) is 5.69 Å². The van der Waals surface area contributed by atoms with E-state index in [4.69, 9.17) is 0 Å². The fourth-order valence-electron chi connectivity index (χ4n) is 4.11. The van der Waals surface area contributed by atoms with Crippen molar-refractivity contribution in [3.05, 3.63) is 101 Å². The standard InChI is InChI=1S/C26H27N3O2/c1-20-18-21(14-15-24(20)29-16-8-9-17-29)19-27-28-25(30)26(31,22-10-4-2-5-11-22)23-12-6-3-7-13-23/h2-7,10-15,18-19,31H,8-9,16-17H2,1H3,(H,28,30)/b27-19+. The molecule has 0 unspecified atom stereocenters. The highest BCUT2D eigenvalue weighted by molar-refractivity contribution is 5.91. The van der Waals surface area contributed by atoms with E-state index in [1.54, 1.807) is 54.7 Å². The van der Waals surface area contributed by atoms with Crippen molar-refractivity contribution in [1.29, 1.82) is 0 Å². The second-order valence-corrected chi connectivity index (χ2v) is 7.88. The summed E-state index contributed by atoms with van der Waals surface area (Å²) in [7, 11) is 0. The number of aliphatic hydroxyl groups is 1. The Morgan fingerprint density at radius 3 is 2.10 bits per heavy atom. The van der Waals surface area contributed by atoms with Gasteiger partial charge in [-0.05, 0) is 54.2 Å². The van der Waals surface area contributed by atoms with Gasteiger partial charge in [0.05, 0.1) is 6.21 Å². The minimum atomic E-state index is -1.84. The van der Waals surface area contributed by atoms with Gasteiger partial charge in [0.1, 0.15) is 0 Å². The number of hydrogen-bond acceptors (Lipinski definition) is 4. The summed E-state index contributed by atoms with van der Waals surface area (Å²) in [6, 6.07) is 24.0. The van der Waals surface area contributed by atoms with Crippen molar-refractivity contribution in [1.82, 2.24) is 5.43 Å². The number of carbonyl (C=O) groups is 1. The summed E-state index contributed by atoms with van der Waals surface area (Å²) in [5.74, 6) is -0.605. The third-order valence-electron chi connectivity index (χ3n) is 5.76. The number of nitrogens with zero attached hydrogens (tertiary/aromatic N) is 2. The summed E-state index contributed by atoms with van der Waals surface area (Å²) in [5, 5.41) is 15.6. The molecule has 5 heteroatoms. The van der Waals surface area contributed by atoms with Crippen molar-refractivity contribution in [2.24, 2.45) is 5.10 Å². The predicted molar refractivity (Wildman–Crippen MR) is 124 cm³/mol. The Labute approximate surface area is 183 Å². The Balaban J connectivity index is 1.53. The number of aryl methyl sites for hydroxylation is 1. The lowest BCUT2D eigenvalue weighted by Crippen LogP contribution is -2.43. The van der Waals surface area contributed by atoms with Crippen LogP contribution in [0, 0.1) is 6.92 Å². The fourth-order valence-corrected chi connectivity index (χ4v) is 4.11. The summed E-state index contributed by atoms with van der Waals surface area (Å²) in [6.07, 6.45) is 4.08. The van der Waals surface area contributed by atoms with Crippen LogP contribution in [0.25, 0.3) is 0 Å². The van der Waals surface area contributed by atoms with Crippen LogP contribution in [0.1, 0.15) is 35.1 Å². The Morgan fingerprint density at radius 2 is 1.55 bits per heavy atom. The summed E-state index contributed by atoms with van der Waals surface area (Å²) in [5.41, 5.74) is 4.99. The maximum atomic E-state index is 13.1. The number of hydrazone groups is 1. The topological polar surface area (TPSA) is 64.9 Å². The van der Waals surface area contributed by atoms with Crippen molar-refractivity contribution < 1.29 is 9.90 Å². The van der Waals surface area contributed by atoms with Gasteiger partial charge in [-0.1, -0.05) is 66.7 Å². The summed E-state index contributed by atoms with van der Waals surface area (Å²) in [4.78, 5) is 15.5. The molecule has 3 aromatic rings. The number of amides is 1. The first-order valence-corrected chi connectivity index (χ1v) is 10.6. The molecule has 1 aliphatic heterocycles. The Kier molecular flexibility index (Phi) is 6.14. The monoisotopic (exact) mass is 413 g/mol. The zero-order valence-corrected chi connectivity index (χ0v) is 17.7. The molecule has 158 valence electrons. The largest absolute Gasteiger partial charge is 0.372 e. The van der Waals surface area contributed by atoms with E-state index < -0.39 is 11.5 Å². The van der Waals surface area contributed by atoms with Crippen molar-refractivity contribution in [2.75, 3.05) is 18.0 Å². The molecule has 3 aromatic carbocycles. The molecule has 0 saturated carbocycles. The van der Waals surface area contributed by atoms with Crippen molar-refractivity contribution in [3.8, 4) is 0 Å². The first-order valence-electron chi connectivity index (χ1n) is 10.6. The molecule has 1 fully saturated rings. The van der Waals surface area contributed by atoms with Gasteiger partial charge >= 0.3 is 0 Å². The molecular weight excluding hydrogens is 386 g/mol. The van der Waals surface area contributed by atoms with Crippen molar-refractivity contribution in [2.45, 2.75) is 25.4 Å². The number of anilines is 1. The van der Waals surface area contributed by atoms with Gasteiger partial charge in [-0.3, -0.25) is 4.79 Å². The molecule has 1 aliphatic rings. The molecule has 31 heavy (non-hydrogen) atoms. The van der Waals surface area contributed by atoms with E-state index in [-0.39, 0.29) is 0 Å². The van der Waals surface area contributed by atoms with E-state index in [9.17, 15) is 9.90 Å². The highest BCUT2D eigenvalue weighted by atomic mass is 16.3. The molecule has 0 spiro atoms. The van der Waals surface area contributed by atoms with E-state index >= 15 is 0 Å². The van der Waals surface area contributed by atoms with Gasteiger partial charge in [-0.25, -0.2) is 5.43 Å². The molecule has 0 atom stereocenters. The molecule has 5 nitrogen and oxygen atoms in total. The zero-order chi connectivity index (χ0) is 21.7. The Morgan fingerprint density at radius 1 is 0.968 bits per heavy atom. The minimum absolute atomic E-state index is 0.486. The van der Waals surface area contributed by atoms with Crippen molar-refractivity contribution >= 4 is 17.8 Å². The third-order valence-corrected chi connectivity index (χ3v) is 5.76. The average Bonchev–Trinajstić information content (AvgIpc) is 3.34. The number of benzene rings is 3. The second kappa shape index (κ2) is 9.14. The Hall–Kier alpha value is -3.44. The predicted octanol–water partition coefficient (Wildman–Crippen LogP) is 3.98. The number of hydrogen-bond donors (Lipinski definition) is 2. The quantitative estimate of drug-likeness (QED) is 0.475. The van der Waals surface area contributed by atoms with E-state index in [1.807, 2.05) is 18.2 Å². The highest BCUT2D eigenvalue weighted by Crippen LogP contribution is 2.30. The normalized spacial score (nSPS) is 14.2. The van der Waals surface area contributed by atoms with E-state index in [0.717, 1.165) is 18.7 Å². The van der Waals surface area contributed by atoms with E-state index in [2.05, 4.69) is 34.5 Å². The zero-order valence-electron chi connectivity index (χ0n) is 17.7. The first-order chi connectivity index (χ1) is 15.1. The van der Waals surface area contributed by atoms with Crippen LogP contribution in [-0.2, 0) is 10.4 Å². The summed E-state index contributed by atoms with van der Waals surface area (Å²) >= 11 is 0. The molecule has 0 aliphatic carbocycles. The lowest BCUT2D eigenvalue weighted by atomic mass is 9.85. The summed E-state index contributed by atoms with van der Waals surface area (Å²) < 4.78 is 0. The van der Waals surface area contributed by atoms with Gasteiger partial charge in [-0.15, -0.1) is 0 Å². The van der Waals surface area contributed by atoms with Crippen molar-refractivity contribution in [3.63, 3.8) is 0 Å².